The molecule has 0 bridgehead atoms. The van der Waals surface area contributed by atoms with Crippen molar-refractivity contribution in [3.05, 3.63) is 43.7 Å². The number of carbonyl (C=O) groups is 3. The van der Waals surface area contributed by atoms with Gasteiger partial charge in [0.2, 0.25) is 0 Å². The van der Waals surface area contributed by atoms with Gasteiger partial charge in [0, 0.05) is 20.0 Å². The lowest BCUT2D eigenvalue weighted by atomic mass is 10.2. The highest BCUT2D eigenvalue weighted by atomic mass is 35.5. The Balaban J connectivity index is 1.68. The molecule has 0 aliphatic carbocycles. The van der Waals surface area contributed by atoms with Gasteiger partial charge in [-0.05, 0) is 34.5 Å². The summed E-state index contributed by atoms with van der Waals surface area (Å²) in [5, 5.41) is 3.89. The number of likely N-dealkylation sites (N-methyl/N-ethyl adjacent to an activating group) is 1. The number of halogens is 1. The van der Waals surface area contributed by atoms with E-state index in [-0.39, 0.29) is 31.1 Å². The van der Waals surface area contributed by atoms with Gasteiger partial charge < -0.3 is 9.64 Å². The molecule has 0 N–H and O–H groups in total. The first-order valence-corrected chi connectivity index (χ1v) is 9.28. The molecule has 0 fully saturated rings. The minimum atomic E-state index is -0.566. The Morgan fingerprint density at radius 3 is 2.62 bits per heavy atom. The predicted octanol–water partition coefficient (Wildman–Crippen LogP) is 3.63. The van der Waals surface area contributed by atoms with Crippen LogP contribution >= 0.6 is 34.3 Å². The Bertz CT molecular complexity index is 711. The second-order valence-electron chi connectivity index (χ2n) is 5.07. The summed E-state index contributed by atoms with van der Waals surface area (Å²) in [4.78, 5) is 37.4. The van der Waals surface area contributed by atoms with Crippen molar-refractivity contribution in [3.63, 3.8) is 0 Å². The summed E-state index contributed by atoms with van der Waals surface area (Å²) in [6.07, 6.45) is -0.0233. The maximum atomic E-state index is 11.9. The van der Waals surface area contributed by atoms with E-state index in [1.165, 1.54) is 16.2 Å². The fraction of sp³-hybridized carbons (Fsp3) is 0.312. The van der Waals surface area contributed by atoms with Crippen LogP contribution in [-0.4, -0.2) is 36.2 Å². The van der Waals surface area contributed by atoms with Crippen molar-refractivity contribution in [2.24, 2.45) is 0 Å². The van der Waals surface area contributed by atoms with E-state index in [1.54, 1.807) is 30.5 Å². The maximum absolute atomic E-state index is 11.9. The highest BCUT2D eigenvalue weighted by Gasteiger charge is 2.15. The number of rotatable bonds is 8. The first-order valence-electron chi connectivity index (χ1n) is 7.15. The molecular formula is C16H16ClNO4S2. The Labute approximate surface area is 152 Å². The normalized spacial score (nSPS) is 10.4. The van der Waals surface area contributed by atoms with Gasteiger partial charge in [-0.25, -0.2) is 0 Å². The molecule has 128 valence electrons. The highest BCUT2D eigenvalue weighted by molar-refractivity contribution is 7.18. The number of thiophene rings is 2. The average Bonchev–Trinajstić information content (AvgIpc) is 3.21. The summed E-state index contributed by atoms with van der Waals surface area (Å²) in [6, 6.07) is 5.20. The van der Waals surface area contributed by atoms with Crippen LogP contribution in [0.3, 0.4) is 0 Å². The first-order chi connectivity index (χ1) is 11.5. The summed E-state index contributed by atoms with van der Waals surface area (Å²) < 4.78 is 5.46. The largest absolute Gasteiger partial charge is 0.456 e. The summed E-state index contributed by atoms with van der Waals surface area (Å²) in [7, 11) is 1.65. The van der Waals surface area contributed by atoms with Crippen LogP contribution in [0.5, 0.6) is 0 Å². The SMILES string of the molecule is CN(Cc1ccsc1)C(=O)COC(=O)CCC(=O)c1ccc(Cl)s1. The molecule has 2 heterocycles. The van der Waals surface area contributed by atoms with Gasteiger partial charge in [0.05, 0.1) is 15.6 Å². The second-order valence-corrected chi connectivity index (χ2v) is 7.56. The Hall–Kier alpha value is -1.70. The summed E-state index contributed by atoms with van der Waals surface area (Å²) in [5.74, 6) is -1.01. The molecule has 0 unspecified atom stereocenters. The van der Waals surface area contributed by atoms with Gasteiger partial charge in [-0.15, -0.1) is 11.3 Å². The van der Waals surface area contributed by atoms with Gasteiger partial charge in [-0.2, -0.15) is 11.3 Å². The molecule has 0 radical (unpaired) electrons. The zero-order valence-corrected chi connectivity index (χ0v) is 15.4. The zero-order valence-electron chi connectivity index (χ0n) is 13.0. The van der Waals surface area contributed by atoms with Gasteiger partial charge in [-0.3, -0.25) is 14.4 Å². The fourth-order valence-corrected chi connectivity index (χ4v) is 3.54. The molecule has 2 rings (SSSR count). The minimum absolute atomic E-state index is 0.0363. The molecule has 8 heteroatoms. The average molecular weight is 386 g/mol. The summed E-state index contributed by atoms with van der Waals surface area (Å²) in [6.45, 7) is 0.149. The fourth-order valence-electron chi connectivity index (χ4n) is 1.87. The number of ketones is 1. The molecule has 24 heavy (non-hydrogen) atoms. The predicted molar refractivity (Wildman–Crippen MR) is 94.6 cm³/mol. The first kappa shape index (κ1) is 18.6. The number of nitrogens with zero attached hydrogens (tertiary/aromatic N) is 1. The van der Waals surface area contributed by atoms with Crippen LogP contribution in [0.25, 0.3) is 0 Å². The molecular weight excluding hydrogens is 370 g/mol. The van der Waals surface area contributed by atoms with Crippen molar-refractivity contribution in [3.8, 4) is 0 Å². The Kier molecular flexibility index (Phi) is 6.96. The third-order valence-corrected chi connectivity index (χ3v) is 5.19. The zero-order chi connectivity index (χ0) is 17.5. The number of carbonyl (C=O) groups excluding carboxylic acids is 3. The van der Waals surface area contributed by atoms with Crippen molar-refractivity contribution < 1.29 is 19.1 Å². The third-order valence-electron chi connectivity index (χ3n) is 3.19. The van der Waals surface area contributed by atoms with Crippen molar-refractivity contribution >= 4 is 51.9 Å². The third kappa shape index (κ3) is 5.74. The van der Waals surface area contributed by atoms with E-state index in [0.717, 1.165) is 5.56 Å². The quantitative estimate of drug-likeness (QED) is 0.514. The van der Waals surface area contributed by atoms with E-state index in [2.05, 4.69) is 0 Å². The minimum Gasteiger partial charge on any atom is -0.456 e. The molecule has 2 aromatic heterocycles. The summed E-state index contributed by atoms with van der Waals surface area (Å²) >= 11 is 8.50. The van der Waals surface area contributed by atoms with Crippen molar-refractivity contribution in [1.29, 1.82) is 0 Å². The molecule has 5 nitrogen and oxygen atoms in total. The van der Waals surface area contributed by atoms with E-state index in [4.69, 9.17) is 16.3 Å². The highest BCUT2D eigenvalue weighted by Crippen LogP contribution is 2.22. The van der Waals surface area contributed by atoms with Gasteiger partial charge in [0.1, 0.15) is 0 Å². The lowest BCUT2D eigenvalue weighted by Crippen LogP contribution is -2.30. The molecule has 0 aromatic carbocycles. The van der Waals surface area contributed by atoms with E-state index in [9.17, 15) is 14.4 Å². The van der Waals surface area contributed by atoms with E-state index < -0.39 is 5.97 Å². The van der Waals surface area contributed by atoms with Crippen molar-refractivity contribution in [1.82, 2.24) is 4.90 Å². The molecule has 1 amide bonds. The molecule has 0 spiro atoms. The summed E-state index contributed by atoms with van der Waals surface area (Å²) in [5.41, 5.74) is 1.03. The van der Waals surface area contributed by atoms with Crippen LogP contribution in [0.1, 0.15) is 28.1 Å². The van der Waals surface area contributed by atoms with E-state index in [1.807, 2.05) is 16.8 Å². The van der Waals surface area contributed by atoms with Gasteiger partial charge >= 0.3 is 5.97 Å². The number of Topliss-reactive ketones (excluding diaryl/α,β-unsaturated/α-hetero) is 1. The Morgan fingerprint density at radius 1 is 1.21 bits per heavy atom. The number of amides is 1. The molecule has 0 aliphatic heterocycles. The van der Waals surface area contributed by atoms with Crippen LogP contribution in [0.4, 0.5) is 0 Å². The van der Waals surface area contributed by atoms with E-state index in [0.29, 0.717) is 15.8 Å². The number of esters is 1. The topological polar surface area (TPSA) is 63.7 Å². The second kappa shape index (κ2) is 8.96. The van der Waals surface area contributed by atoms with Crippen molar-refractivity contribution in [2.45, 2.75) is 19.4 Å². The lowest BCUT2D eigenvalue weighted by molar-refractivity contribution is -0.151. The molecule has 0 saturated heterocycles. The molecule has 0 saturated carbocycles. The standard InChI is InChI=1S/C16H16ClNO4S2/c1-18(8-11-6-7-23-10-11)15(20)9-22-16(21)5-2-12(19)13-3-4-14(17)24-13/h3-4,6-7,10H,2,5,8-9H2,1H3. The van der Waals surface area contributed by atoms with Crippen LogP contribution in [0.15, 0.2) is 29.0 Å². The van der Waals surface area contributed by atoms with Crippen molar-refractivity contribution in [2.75, 3.05) is 13.7 Å². The lowest BCUT2D eigenvalue weighted by Gasteiger charge is -2.16. The Morgan fingerprint density at radius 2 is 2.00 bits per heavy atom. The van der Waals surface area contributed by atoms with E-state index >= 15 is 0 Å². The molecule has 0 aliphatic rings. The monoisotopic (exact) mass is 385 g/mol. The smallest absolute Gasteiger partial charge is 0.306 e. The van der Waals surface area contributed by atoms with Crippen LogP contribution in [0.2, 0.25) is 4.34 Å². The molecule has 2 aromatic rings. The number of ether oxygens (including phenoxy) is 1. The van der Waals surface area contributed by atoms with Gasteiger partial charge in [-0.1, -0.05) is 11.6 Å². The number of hydrogen-bond acceptors (Lipinski definition) is 6. The van der Waals surface area contributed by atoms with Crippen LogP contribution in [0, 0.1) is 0 Å². The number of hydrogen-bond donors (Lipinski definition) is 0. The van der Waals surface area contributed by atoms with Crippen LogP contribution in [-0.2, 0) is 20.9 Å². The van der Waals surface area contributed by atoms with Gasteiger partial charge in [0.25, 0.3) is 5.91 Å². The van der Waals surface area contributed by atoms with Gasteiger partial charge in [0.15, 0.2) is 12.4 Å². The maximum Gasteiger partial charge on any atom is 0.306 e. The molecule has 0 atom stereocenters. The van der Waals surface area contributed by atoms with Crippen LogP contribution < -0.4 is 0 Å².